The van der Waals surface area contributed by atoms with Gasteiger partial charge in [0.25, 0.3) is 0 Å². The molecule has 8 heteroatoms. The number of amides is 1. The van der Waals surface area contributed by atoms with Crippen LogP contribution in [0.2, 0.25) is 0 Å². The van der Waals surface area contributed by atoms with E-state index in [0.29, 0.717) is 24.9 Å². The third kappa shape index (κ3) is 4.35. The molecule has 0 spiro atoms. The Hall–Kier alpha value is -2.35. The molecular weight excluding hydrogens is 308 g/mol. The number of anilines is 1. The highest BCUT2D eigenvalue weighted by Crippen LogP contribution is 2.35. The largest absolute Gasteiger partial charge is 0.444 e. The lowest BCUT2D eigenvalue weighted by atomic mass is 10.2. The molecule has 24 heavy (non-hydrogen) atoms. The number of nitrogens with zero attached hydrogens (tertiary/aromatic N) is 3. The molecule has 2 aromatic heterocycles. The second kappa shape index (κ2) is 6.64. The summed E-state index contributed by atoms with van der Waals surface area (Å²) in [6.45, 7) is 6.77. The van der Waals surface area contributed by atoms with Gasteiger partial charge in [-0.3, -0.25) is 10.4 Å². The average molecular weight is 332 g/mol. The second-order valence-electron chi connectivity index (χ2n) is 7.02. The maximum Gasteiger partial charge on any atom is 0.413 e. The SMILES string of the molecule is CC(C)(C)OC(=O)Nc1[nH]ncc1CNCc1cncn1C1CC1. The highest BCUT2D eigenvalue weighted by atomic mass is 16.6. The third-order valence-corrected chi connectivity index (χ3v) is 3.65. The van der Waals surface area contributed by atoms with E-state index in [4.69, 9.17) is 4.74 Å². The Morgan fingerprint density at radius 3 is 2.88 bits per heavy atom. The molecule has 0 aromatic carbocycles. The minimum Gasteiger partial charge on any atom is -0.444 e. The van der Waals surface area contributed by atoms with Crippen molar-refractivity contribution in [2.75, 3.05) is 5.32 Å². The molecule has 0 radical (unpaired) electrons. The molecule has 1 aliphatic rings. The number of H-pyrrole nitrogens is 1. The summed E-state index contributed by atoms with van der Waals surface area (Å²) >= 11 is 0. The fourth-order valence-electron chi connectivity index (χ4n) is 2.43. The second-order valence-corrected chi connectivity index (χ2v) is 7.02. The fraction of sp³-hybridized carbons (Fsp3) is 0.562. The number of carbonyl (C=O) groups is 1. The van der Waals surface area contributed by atoms with Crippen molar-refractivity contribution >= 4 is 11.9 Å². The molecule has 3 rings (SSSR count). The number of hydrogen-bond acceptors (Lipinski definition) is 5. The number of aromatic nitrogens is 4. The molecule has 2 aromatic rings. The molecule has 0 bridgehead atoms. The average Bonchev–Trinajstić information content (AvgIpc) is 3.06. The summed E-state index contributed by atoms with van der Waals surface area (Å²) in [5.74, 6) is 0.549. The van der Waals surface area contributed by atoms with Crippen LogP contribution in [-0.4, -0.2) is 31.4 Å². The van der Waals surface area contributed by atoms with E-state index in [1.54, 1.807) is 6.20 Å². The highest BCUT2D eigenvalue weighted by Gasteiger charge is 2.25. The predicted octanol–water partition coefficient (Wildman–Crippen LogP) is 2.58. The van der Waals surface area contributed by atoms with Crippen LogP contribution >= 0.6 is 0 Å². The van der Waals surface area contributed by atoms with Gasteiger partial charge < -0.3 is 14.6 Å². The highest BCUT2D eigenvalue weighted by molar-refractivity contribution is 5.84. The maximum absolute atomic E-state index is 11.9. The topological polar surface area (TPSA) is 96.9 Å². The number of ether oxygens (including phenoxy) is 1. The lowest BCUT2D eigenvalue weighted by molar-refractivity contribution is 0.0635. The summed E-state index contributed by atoms with van der Waals surface area (Å²) in [5, 5.41) is 12.8. The zero-order valence-corrected chi connectivity index (χ0v) is 14.3. The van der Waals surface area contributed by atoms with Crippen molar-refractivity contribution in [3.63, 3.8) is 0 Å². The standard InChI is InChI=1S/C16H24N6O2/c1-16(2,3)24-15(23)20-14-11(7-19-21-14)6-17-8-13-9-18-10-22(13)12-4-5-12/h7,9-10,12,17H,4-6,8H2,1-3H3,(H2,19,20,21,23). The van der Waals surface area contributed by atoms with Crippen molar-refractivity contribution in [2.24, 2.45) is 0 Å². The van der Waals surface area contributed by atoms with Crippen LogP contribution in [0, 0.1) is 0 Å². The molecule has 0 aliphatic heterocycles. The van der Waals surface area contributed by atoms with Gasteiger partial charge in [0.05, 0.1) is 18.2 Å². The van der Waals surface area contributed by atoms with Crippen molar-refractivity contribution in [1.29, 1.82) is 0 Å². The third-order valence-electron chi connectivity index (χ3n) is 3.65. The molecule has 0 saturated heterocycles. The van der Waals surface area contributed by atoms with Gasteiger partial charge in [0, 0.05) is 30.9 Å². The van der Waals surface area contributed by atoms with Crippen LogP contribution in [0.4, 0.5) is 10.6 Å². The first-order valence-electron chi connectivity index (χ1n) is 8.16. The van der Waals surface area contributed by atoms with Crippen LogP contribution in [0.15, 0.2) is 18.7 Å². The zero-order valence-electron chi connectivity index (χ0n) is 14.3. The number of nitrogens with one attached hydrogen (secondary N) is 3. The van der Waals surface area contributed by atoms with Gasteiger partial charge in [-0.2, -0.15) is 5.10 Å². The van der Waals surface area contributed by atoms with Crippen molar-refractivity contribution in [3.8, 4) is 0 Å². The molecule has 3 N–H and O–H groups in total. The van der Waals surface area contributed by atoms with Gasteiger partial charge in [-0.15, -0.1) is 0 Å². The molecule has 1 saturated carbocycles. The molecule has 1 fully saturated rings. The van der Waals surface area contributed by atoms with Crippen LogP contribution in [0.5, 0.6) is 0 Å². The minimum atomic E-state index is -0.538. The molecule has 0 atom stereocenters. The number of carbonyl (C=O) groups excluding carboxylic acids is 1. The van der Waals surface area contributed by atoms with E-state index < -0.39 is 11.7 Å². The molecular formula is C16H24N6O2. The van der Waals surface area contributed by atoms with Crippen molar-refractivity contribution in [3.05, 3.63) is 30.0 Å². The first-order chi connectivity index (χ1) is 11.4. The van der Waals surface area contributed by atoms with Crippen molar-refractivity contribution in [2.45, 2.75) is 58.3 Å². The summed E-state index contributed by atoms with van der Waals surface area (Å²) in [6.07, 6.45) is 7.43. The Kier molecular flexibility index (Phi) is 4.57. The quantitative estimate of drug-likeness (QED) is 0.755. The van der Waals surface area contributed by atoms with Gasteiger partial charge in [0.2, 0.25) is 0 Å². The number of aromatic amines is 1. The van der Waals surface area contributed by atoms with Crippen molar-refractivity contribution < 1.29 is 9.53 Å². The van der Waals surface area contributed by atoms with E-state index in [1.807, 2.05) is 33.3 Å². The molecule has 8 nitrogen and oxygen atoms in total. The molecule has 1 aliphatic carbocycles. The van der Waals surface area contributed by atoms with E-state index in [-0.39, 0.29) is 0 Å². The van der Waals surface area contributed by atoms with E-state index in [2.05, 4.69) is 30.4 Å². The Balaban J connectivity index is 1.52. The molecule has 0 unspecified atom stereocenters. The van der Waals surface area contributed by atoms with Gasteiger partial charge in [0.15, 0.2) is 0 Å². The van der Waals surface area contributed by atoms with E-state index in [9.17, 15) is 4.79 Å². The zero-order chi connectivity index (χ0) is 17.2. The minimum absolute atomic E-state index is 0.500. The van der Waals surface area contributed by atoms with Crippen molar-refractivity contribution in [1.82, 2.24) is 25.1 Å². The smallest absolute Gasteiger partial charge is 0.413 e. The summed E-state index contributed by atoms with van der Waals surface area (Å²) in [4.78, 5) is 16.1. The maximum atomic E-state index is 11.9. The van der Waals surface area contributed by atoms with Crippen LogP contribution in [0.25, 0.3) is 0 Å². The van der Waals surface area contributed by atoms with Gasteiger partial charge in [-0.05, 0) is 33.6 Å². The lowest BCUT2D eigenvalue weighted by Gasteiger charge is -2.19. The monoisotopic (exact) mass is 332 g/mol. The van der Waals surface area contributed by atoms with Gasteiger partial charge in [-0.25, -0.2) is 9.78 Å². The first-order valence-corrected chi connectivity index (χ1v) is 8.16. The predicted molar refractivity (Wildman–Crippen MR) is 89.5 cm³/mol. The Labute approximate surface area is 141 Å². The van der Waals surface area contributed by atoms with Crippen LogP contribution in [-0.2, 0) is 17.8 Å². The lowest BCUT2D eigenvalue weighted by Crippen LogP contribution is -2.27. The molecule has 1 amide bonds. The summed E-state index contributed by atoms with van der Waals surface area (Å²) in [5.41, 5.74) is 1.50. The van der Waals surface area contributed by atoms with Crippen LogP contribution in [0.1, 0.15) is 50.9 Å². The Bertz CT molecular complexity index is 695. The van der Waals surface area contributed by atoms with E-state index in [1.165, 1.54) is 18.5 Å². The van der Waals surface area contributed by atoms with Gasteiger partial charge in [0.1, 0.15) is 11.4 Å². The Morgan fingerprint density at radius 1 is 1.38 bits per heavy atom. The molecule has 2 heterocycles. The first kappa shape index (κ1) is 16.5. The number of imidazole rings is 1. The molecule has 130 valence electrons. The number of hydrogen-bond donors (Lipinski definition) is 3. The summed E-state index contributed by atoms with van der Waals surface area (Å²) in [6, 6.07) is 0.614. The van der Waals surface area contributed by atoms with E-state index in [0.717, 1.165) is 5.56 Å². The van der Waals surface area contributed by atoms with E-state index >= 15 is 0 Å². The van der Waals surface area contributed by atoms with Crippen LogP contribution in [0.3, 0.4) is 0 Å². The van der Waals surface area contributed by atoms with Crippen LogP contribution < -0.4 is 10.6 Å². The fourth-order valence-corrected chi connectivity index (χ4v) is 2.43. The van der Waals surface area contributed by atoms with Gasteiger partial charge in [-0.1, -0.05) is 0 Å². The summed E-state index contributed by atoms with van der Waals surface area (Å²) < 4.78 is 7.47. The summed E-state index contributed by atoms with van der Waals surface area (Å²) in [7, 11) is 0. The normalized spacial score (nSPS) is 14.6. The number of rotatable bonds is 6. The van der Waals surface area contributed by atoms with Gasteiger partial charge >= 0.3 is 6.09 Å². The Morgan fingerprint density at radius 2 is 2.17 bits per heavy atom.